The van der Waals surface area contributed by atoms with Crippen molar-refractivity contribution < 1.29 is 9.53 Å². The summed E-state index contributed by atoms with van der Waals surface area (Å²) in [6.45, 7) is 1.27. The molecule has 0 bridgehead atoms. The molecule has 17 heavy (non-hydrogen) atoms. The lowest BCUT2D eigenvalue weighted by atomic mass is 10.1. The van der Waals surface area contributed by atoms with E-state index in [0.29, 0.717) is 19.6 Å². The highest BCUT2D eigenvalue weighted by Crippen LogP contribution is 2.13. The second kappa shape index (κ2) is 7.68. The molecule has 94 valence electrons. The molecule has 0 saturated heterocycles. The summed E-state index contributed by atoms with van der Waals surface area (Å²) in [5.41, 5.74) is 11.7. The zero-order valence-corrected chi connectivity index (χ0v) is 10.0. The lowest BCUT2D eigenvalue weighted by molar-refractivity contribution is -0.118. The molecule has 0 fully saturated rings. The van der Waals surface area contributed by atoms with Crippen LogP contribution in [0.15, 0.2) is 24.3 Å². The first-order valence-electron chi connectivity index (χ1n) is 5.92. The lowest BCUT2D eigenvalue weighted by Crippen LogP contribution is -2.10. The number of ether oxygens (including phenoxy) is 1. The summed E-state index contributed by atoms with van der Waals surface area (Å²) in [4.78, 5) is 10.5. The quantitative estimate of drug-likeness (QED) is 0.666. The highest BCUT2D eigenvalue weighted by atomic mass is 16.5. The van der Waals surface area contributed by atoms with Crippen LogP contribution in [-0.4, -0.2) is 19.1 Å². The highest BCUT2D eigenvalue weighted by Gasteiger charge is 1.97. The second-order valence-corrected chi connectivity index (χ2v) is 3.95. The standard InChI is InChI=1S/C13H20N2O2/c14-9-8-11-4-6-12(7-5-11)17-10-2-1-3-13(15)16/h4-7H,1-3,8-10,14H2,(H2,15,16). The number of hydrogen-bond donors (Lipinski definition) is 2. The fourth-order valence-electron chi connectivity index (χ4n) is 1.51. The molecule has 1 amide bonds. The van der Waals surface area contributed by atoms with Crippen molar-refractivity contribution in [1.82, 2.24) is 0 Å². The Hall–Kier alpha value is -1.55. The molecule has 4 heteroatoms. The van der Waals surface area contributed by atoms with Crippen molar-refractivity contribution in [2.24, 2.45) is 11.5 Å². The van der Waals surface area contributed by atoms with Crippen molar-refractivity contribution in [1.29, 1.82) is 0 Å². The van der Waals surface area contributed by atoms with Gasteiger partial charge in [0.05, 0.1) is 6.61 Å². The number of carbonyl (C=O) groups is 1. The van der Waals surface area contributed by atoms with Gasteiger partial charge in [-0.1, -0.05) is 12.1 Å². The van der Waals surface area contributed by atoms with Crippen LogP contribution in [-0.2, 0) is 11.2 Å². The Labute approximate surface area is 102 Å². The molecule has 0 unspecified atom stereocenters. The first-order chi connectivity index (χ1) is 8.22. The van der Waals surface area contributed by atoms with E-state index in [0.717, 1.165) is 25.0 Å². The number of primary amides is 1. The molecule has 0 heterocycles. The number of nitrogens with two attached hydrogens (primary N) is 2. The van der Waals surface area contributed by atoms with Crippen molar-refractivity contribution >= 4 is 5.91 Å². The molecule has 0 radical (unpaired) electrons. The third-order valence-electron chi connectivity index (χ3n) is 2.44. The molecule has 0 aliphatic rings. The van der Waals surface area contributed by atoms with E-state index in [1.165, 1.54) is 5.56 Å². The molecular formula is C13H20N2O2. The summed E-state index contributed by atoms with van der Waals surface area (Å²) >= 11 is 0. The molecule has 0 aliphatic carbocycles. The number of hydrogen-bond acceptors (Lipinski definition) is 3. The minimum Gasteiger partial charge on any atom is -0.494 e. The summed E-state index contributed by atoms with van der Waals surface area (Å²) in [5, 5.41) is 0. The monoisotopic (exact) mass is 236 g/mol. The molecule has 0 spiro atoms. The maximum Gasteiger partial charge on any atom is 0.217 e. The van der Waals surface area contributed by atoms with Crippen LogP contribution in [0, 0.1) is 0 Å². The molecule has 0 aliphatic heterocycles. The van der Waals surface area contributed by atoms with Crippen LogP contribution in [0.3, 0.4) is 0 Å². The number of carbonyl (C=O) groups excluding carboxylic acids is 1. The molecule has 4 N–H and O–H groups in total. The van der Waals surface area contributed by atoms with Crippen LogP contribution in [0.5, 0.6) is 5.75 Å². The van der Waals surface area contributed by atoms with Crippen LogP contribution in [0.2, 0.25) is 0 Å². The first kappa shape index (κ1) is 13.5. The molecule has 0 aromatic heterocycles. The highest BCUT2D eigenvalue weighted by molar-refractivity contribution is 5.73. The van der Waals surface area contributed by atoms with Crippen molar-refractivity contribution in [2.75, 3.05) is 13.2 Å². The Balaban J connectivity index is 2.20. The minimum atomic E-state index is -0.254. The van der Waals surface area contributed by atoms with Gasteiger partial charge in [-0.25, -0.2) is 0 Å². The van der Waals surface area contributed by atoms with Gasteiger partial charge in [0.1, 0.15) is 5.75 Å². The minimum absolute atomic E-state index is 0.254. The Morgan fingerprint density at radius 1 is 1.18 bits per heavy atom. The zero-order chi connectivity index (χ0) is 12.5. The summed E-state index contributed by atoms with van der Waals surface area (Å²) in [7, 11) is 0. The van der Waals surface area contributed by atoms with Crippen LogP contribution in [0.25, 0.3) is 0 Å². The topological polar surface area (TPSA) is 78.3 Å². The number of benzene rings is 1. The van der Waals surface area contributed by atoms with Gasteiger partial charge in [-0.2, -0.15) is 0 Å². The summed E-state index contributed by atoms with van der Waals surface area (Å²) in [6.07, 6.45) is 2.94. The Bertz CT molecular complexity index is 336. The average molecular weight is 236 g/mol. The maximum absolute atomic E-state index is 10.5. The van der Waals surface area contributed by atoms with Gasteiger partial charge in [0.25, 0.3) is 0 Å². The van der Waals surface area contributed by atoms with E-state index in [9.17, 15) is 4.79 Å². The Morgan fingerprint density at radius 2 is 1.88 bits per heavy atom. The van der Waals surface area contributed by atoms with Crippen LogP contribution in [0.4, 0.5) is 0 Å². The Kier molecular flexibility index (Phi) is 6.10. The van der Waals surface area contributed by atoms with Gasteiger partial charge in [-0.3, -0.25) is 4.79 Å². The molecule has 1 aromatic rings. The van der Waals surface area contributed by atoms with E-state index < -0.39 is 0 Å². The molecule has 1 aromatic carbocycles. The summed E-state index contributed by atoms with van der Waals surface area (Å²) in [5.74, 6) is 0.598. The molecule has 4 nitrogen and oxygen atoms in total. The van der Waals surface area contributed by atoms with Crippen molar-refractivity contribution in [3.8, 4) is 5.75 Å². The molecule has 0 saturated carbocycles. The van der Waals surface area contributed by atoms with E-state index in [1.807, 2.05) is 24.3 Å². The lowest BCUT2D eigenvalue weighted by Gasteiger charge is -2.06. The third-order valence-corrected chi connectivity index (χ3v) is 2.44. The molecule has 1 rings (SSSR count). The van der Waals surface area contributed by atoms with Gasteiger partial charge < -0.3 is 16.2 Å². The van der Waals surface area contributed by atoms with Crippen molar-refractivity contribution in [3.05, 3.63) is 29.8 Å². The number of amides is 1. The normalized spacial score (nSPS) is 10.2. The largest absolute Gasteiger partial charge is 0.494 e. The van der Waals surface area contributed by atoms with Gasteiger partial charge in [0.2, 0.25) is 5.91 Å². The number of rotatable bonds is 8. The summed E-state index contributed by atoms with van der Waals surface area (Å²) < 4.78 is 5.54. The molecule has 0 atom stereocenters. The van der Waals surface area contributed by atoms with Crippen molar-refractivity contribution in [2.45, 2.75) is 25.7 Å². The van der Waals surface area contributed by atoms with E-state index in [-0.39, 0.29) is 5.91 Å². The van der Waals surface area contributed by atoms with E-state index >= 15 is 0 Å². The van der Waals surface area contributed by atoms with E-state index in [1.54, 1.807) is 0 Å². The average Bonchev–Trinajstić information content (AvgIpc) is 2.31. The van der Waals surface area contributed by atoms with E-state index in [2.05, 4.69) is 0 Å². The van der Waals surface area contributed by atoms with Crippen molar-refractivity contribution in [3.63, 3.8) is 0 Å². The van der Waals surface area contributed by atoms with Gasteiger partial charge in [-0.15, -0.1) is 0 Å². The predicted molar refractivity (Wildman–Crippen MR) is 67.7 cm³/mol. The van der Waals surface area contributed by atoms with Gasteiger partial charge >= 0.3 is 0 Å². The van der Waals surface area contributed by atoms with Crippen LogP contribution in [0.1, 0.15) is 24.8 Å². The van der Waals surface area contributed by atoms with Gasteiger partial charge in [0.15, 0.2) is 0 Å². The smallest absolute Gasteiger partial charge is 0.217 e. The fourth-order valence-corrected chi connectivity index (χ4v) is 1.51. The summed E-state index contributed by atoms with van der Waals surface area (Å²) in [6, 6.07) is 7.93. The zero-order valence-electron chi connectivity index (χ0n) is 10.0. The van der Waals surface area contributed by atoms with Crippen LogP contribution < -0.4 is 16.2 Å². The predicted octanol–water partition coefficient (Wildman–Crippen LogP) is 1.22. The SMILES string of the molecule is NCCc1ccc(OCCCCC(N)=O)cc1. The Morgan fingerprint density at radius 3 is 2.47 bits per heavy atom. The third kappa shape index (κ3) is 5.92. The van der Waals surface area contributed by atoms with E-state index in [4.69, 9.17) is 16.2 Å². The maximum atomic E-state index is 10.5. The number of unbranched alkanes of at least 4 members (excludes halogenated alkanes) is 1. The second-order valence-electron chi connectivity index (χ2n) is 3.95. The fraction of sp³-hybridized carbons (Fsp3) is 0.462. The first-order valence-corrected chi connectivity index (χ1v) is 5.92. The van der Waals surface area contributed by atoms with Gasteiger partial charge in [-0.05, 0) is 43.5 Å². The molecular weight excluding hydrogens is 216 g/mol. The van der Waals surface area contributed by atoms with Gasteiger partial charge in [0, 0.05) is 6.42 Å². The van der Waals surface area contributed by atoms with Crippen LogP contribution >= 0.6 is 0 Å².